The van der Waals surface area contributed by atoms with Crippen molar-refractivity contribution in [2.24, 2.45) is 5.92 Å². The topological polar surface area (TPSA) is 21.3 Å². The Balaban J connectivity index is 1.74. The van der Waals surface area contributed by atoms with Crippen LogP contribution in [-0.4, -0.2) is 25.8 Å². The van der Waals surface area contributed by atoms with Crippen molar-refractivity contribution in [3.8, 4) is 0 Å². The summed E-state index contributed by atoms with van der Waals surface area (Å²) in [4.78, 5) is 0. The summed E-state index contributed by atoms with van der Waals surface area (Å²) in [5.41, 5.74) is 0. The summed E-state index contributed by atoms with van der Waals surface area (Å²) >= 11 is 0. The Labute approximate surface area is 74.7 Å². The van der Waals surface area contributed by atoms with Crippen LogP contribution in [0.3, 0.4) is 0 Å². The van der Waals surface area contributed by atoms with Gasteiger partial charge in [-0.05, 0) is 45.1 Å². The van der Waals surface area contributed by atoms with Crippen LogP contribution < -0.4 is 5.32 Å². The first-order valence-corrected chi connectivity index (χ1v) is 5.19. The van der Waals surface area contributed by atoms with Gasteiger partial charge >= 0.3 is 0 Å². The maximum Gasteiger partial charge on any atom is 0.0590 e. The molecule has 1 heterocycles. The molecule has 2 heteroatoms. The van der Waals surface area contributed by atoms with Crippen molar-refractivity contribution in [1.82, 2.24) is 5.32 Å². The van der Waals surface area contributed by atoms with Gasteiger partial charge in [-0.15, -0.1) is 0 Å². The van der Waals surface area contributed by atoms with E-state index < -0.39 is 0 Å². The predicted molar refractivity (Wildman–Crippen MR) is 49.2 cm³/mol. The summed E-state index contributed by atoms with van der Waals surface area (Å²) in [6.07, 6.45) is 7.21. The smallest absolute Gasteiger partial charge is 0.0590 e. The van der Waals surface area contributed by atoms with Crippen molar-refractivity contribution >= 4 is 0 Å². The van der Waals surface area contributed by atoms with Crippen molar-refractivity contribution in [3.63, 3.8) is 0 Å². The van der Waals surface area contributed by atoms with Crippen LogP contribution in [0.15, 0.2) is 0 Å². The summed E-state index contributed by atoms with van der Waals surface area (Å²) in [6, 6.07) is 0.730. The standard InChI is InChI=1S/C10H19NO/c1-11-10(8-4-5-8)7-9-3-2-6-12-9/h8-11H,2-7H2,1H3. The molecule has 2 unspecified atom stereocenters. The zero-order chi connectivity index (χ0) is 8.39. The van der Waals surface area contributed by atoms with E-state index in [-0.39, 0.29) is 0 Å². The maximum absolute atomic E-state index is 5.62. The quantitative estimate of drug-likeness (QED) is 0.689. The predicted octanol–water partition coefficient (Wildman–Crippen LogP) is 1.55. The fourth-order valence-corrected chi connectivity index (χ4v) is 2.16. The fraction of sp³-hybridized carbons (Fsp3) is 1.00. The van der Waals surface area contributed by atoms with Crippen LogP contribution >= 0.6 is 0 Å². The Morgan fingerprint density at radius 2 is 2.25 bits per heavy atom. The average Bonchev–Trinajstić information content (AvgIpc) is 2.80. The molecule has 2 atom stereocenters. The second-order valence-electron chi connectivity index (χ2n) is 4.10. The molecule has 0 aromatic heterocycles. The molecule has 2 fully saturated rings. The number of nitrogens with one attached hydrogen (secondary N) is 1. The third-order valence-corrected chi connectivity index (χ3v) is 3.10. The third kappa shape index (κ3) is 1.99. The van der Waals surface area contributed by atoms with Crippen LogP contribution in [0, 0.1) is 5.92 Å². The first kappa shape index (κ1) is 8.52. The zero-order valence-electron chi connectivity index (χ0n) is 7.88. The van der Waals surface area contributed by atoms with Crippen LogP contribution in [0.5, 0.6) is 0 Å². The maximum atomic E-state index is 5.62. The minimum Gasteiger partial charge on any atom is -0.378 e. The van der Waals surface area contributed by atoms with E-state index in [0.717, 1.165) is 18.6 Å². The van der Waals surface area contributed by atoms with Gasteiger partial charge in [0.25, 0.3) is 0 Å². The Morgan fingerprint density at radius 3 is 2.75 bits per heavy atom. The summed E-state index contributed by atoms with van der Waals surface area (Å²) in [6.45, 7) is 0.992. The van der Waals surface area contributed by atoms with Crippen molar-refractivity contribution in [2.45, 2.75) is 44.2 Å². The summed E-state index contributed by atoms with van der Waals surface area (Å²) in [5, 5.41) is 3.41. The highest BCUT2D eigenvalue weighted by atomic mass is 16.5. The van der Waals surface area contributed by atoms with E-state index in [1.807, 2.05) is 0 Å². The minimum atomic E-state index is 0.558. The molecule has 1 aliphatic heterocycles. The van der Waals surface area contributed by atoms with E-state index in [0.29, 0.717) is 6.10 Å². The van der Waals surface area contributed by atoms with Crippen molar-refractivity contribution in [2.75, 3.05) is 13.7 Å². The summed E-state index contributed by atoms with van der Waals surface area (Å²) < 4.78 is 5.62. The van der Waals surface area contributed by atoms with Crippen molar-refractivity contribution < 1.29 is 4.74 Å². The Hall–Kier alpha value is -0.0800. The molecule has 0 aromatic rings. The van der Waals surface area contributed by atoms with E-state index in [4.69, 9.17) is 4.74 Å². The highest BCUT2D eigenvalue weighted by Gasteiger charge is 2.32. The molecule has 0 amide bonds. The molecule has 0 aromatic carbocycles. The van der Waals surface area contributed by atoms with E-state index >= 15 is 0 Å². The van der Waals surface area contributed by atoms with Crippen LogP contribution in [0.4, 0.5) is 0 Å². The van der Waals surface area contributed by atoms with E-state index in [2.05, 4.69) is 12.4 Å². The lowest BCUT2D eigenvalue weighted by Crippen LogP contribution is -2.31. The Bertz CT molecular complexity index is 139. The Kier molecular flexibility index (Phi) is 2.66. The normalized spacial score (nSPS) is 32.2. The highest BCUT2D eigenvalue weighted by molar-refractivity contribution is 4.87. The van der Waals surface area contributed by atoms with Gasteiger partial charge < -0.3 is 10.1 Å². The Morgan fingerprint density at radius 1 is 1.42 bits per heavy atom. The van der Waals surface area contributed by atoms with Crippen LogP contribution in [0.25, 0.3) is 0 Å². The molecule has 1 saturated carbocycles. The van der Waals surface area contributed by atoms with Gasteiger partial charge in [0.05, 0.1) is 6.10 Å². The van der Waals surface area contributed by atoms with E-state index in [1.165, 1.54) is 32.1 Å². The van der Waals surface area contributed by atoms with E-state index in [1.54, 1.807) is 0 Å². The molecule has 2 nitrogen and oxygen atoms in total. The molecular formula is C10H19NO. The van der Waals surface area contributed by atoms with Gasteiger partial charge in [-0.3, -0.25) is 0 Å². The highest BCUT2D eigenvalue weighted by Crippen LogP contribution is 2.35. The number of ether oxygens (including phenoxy) is 1. The number of rotatable bonds is 4. The van der Waals surface area contributed by atoms with Gasteiger partial charge in [0.2, 0.25) is 0 Å². The molecule has 1 N–H and O–H groups in total. The van der Waals surface area contributed by atoms with Crippen LogP contribution in [0.1, 0.15) is 32.1 Å². The van der Waals surface area contributed by atoms with Gasteiger partial charge in [-0.1, -0.05) is 0 Å². The first-order valence-electron chi connectivity index (χ1n) is 5.19. The molecule has 2 aliphatic rings. The van der Waals surface area contributed by atoms with Crippen molar-refractivity contribution in [3.05, 3.63) is 0 Å². The van der Waals surface area contributed by atoms with Gasteiger partial charge in [-0.2, -0.15) is 0 Å². The van der Waals surface area contributed by atoms with Gasteiger partial charge in [0.1, 0.15) is 0 Å². The molecule has 0 bridgehead atoms. The zero-order valence-corrected chi connectivity index (χ0v) is 7.88. The number of hydrogen-bond donors (Lipinski definition) is 1. The second kappa shape index (κ2) is 3.75. The number of hydrogen-bond acceptors (Lipinski definition) is 2. The largest absolute Gasteiger partial charge is 0.378 e. The first-order chi connectivity index (χ1) is 5.90. The molecular weight excluding hydrogens is 150 g/mol. The fourth-order valence-electron chi connectivity index (χ4n) is 2.16. The molecule has 0 radical (unpaired) electrons. The lowest BCUT2D eigenvalue weighted by atomic mass is 10.0. The summed E-state index contributed by atoms with van der Waals surface area (Å²) in [5.74, 6) is 0.958. The van der Waals surface area contributed by atoms with Gasteiger partial charge in [-0.25, -0.2) is 0 Å². The third-order valence-electron chi connectivity index (χ3n) is 3.10. The molecule has 70 valence electrons. The van der Waals surface area contributed by atoms with Crippen LogP contribution in [0.2, 0.25) is 0 Å². The lowest BCUT2D eigenvalue weighted by molar-refractivity contribution is 0.0931. The molecule has 1 aliphatic carbocycles. The van der Waals surface area contributed by atoms with Crippen molar-refractivity contribution in [1.29, 1.82) is 0 Å². The SMILES string of the molecule is CNC(CC1CCCO1)C1CC1. The molecule has 12 heavy (non-hydrogen) atoms. The monoisotopic (exact) mass is 169 g/mol. The minimum absolute atomic E-state index is 0.558. The second-order valence-corrected chi connectivity index (χ2v) is 4.10. The van der Waals surface area contributed by atoms with E-state index in [9.17, 15) is 0 Å². The van der Waals surface area contributed by atoms with Crippen LogP contribution in [-0.2, 0) is 4.74 Å². The molecule has 0 spiro atoms. The lowest BCUT2D eigenvalue weighted by Gasteiger charge is -2.18. The van der Waals surface area contributed by atoms with Gasteiger partial charge in [0, 0.05) is 12.6 Å². The molecule has 1 saturated heterocycles. The summed E-state index contributed by atoms with van der Waals surface area (Å²) in [7, 11) is 2.08. The van der Waals surface area contributed by atoms with Gasteiger partial charge in [0.15, 0.2) is 0 Å². The molecule has 2 rings (SSSR count). The average molecular weight is 169 g/mol.